The molecule has 0 aliphatic carbocycles. The van der Waals surface area contributed by atoms with Crippen LogP contribution in [0.5, 0.6) is 0 Å². The Morgan fingerprint density at radius 2 is 0.321 bits per heavy atom. The first-order valence-corrected chi connectivity index (χ1v) is 18.0. The monoisotopic (exact) mass is 542 g/mol. The minimum atomic E-state index is 0.847. The van der Waals surface area contributed by atoms with E-state index in [-0.39, 0.29) is 0 Å². The number of hydrogen-bond acceptors (Lipinski definition) is 8. The molecule has 0 unspecified atom stereocenters. The molecule has 0 aromatic rings. The van der Waals surface area contributed by atoms with E-state index < -0.39 is 0 Å². The van der Waals surface area contributed by atoms with Gasteiger partial charge < -0.3 is 42.5 Å². The molecule has 1 saturated heterocycles. The topological polar surface area (TPSA) is 96.2 Å². The van der Waals surface area contributed by atoms with Gasteiger partial charge in [-0.15, -0.1) is 0 Å². The van der Waals surface area contributed by atoms with Gasteiger partial charge in [-0.3, -0.25) is 0 Å². The predicted molar refractivity (Wildman–Crippen MR) is 115 cm³/mol. The molecule has 12 heteroatoms. The summed E-state index contributed by atoms with van der Waals surface area (Å²) in [7, 11) is 9.53. The molecule has 1 fully saturated rings. The van der Waals surface area contributed by atoms with E-state index >= 15 is 0 Å². The van der Waals surface area contributed by atoms with Crippen molar-refractivity contribution in [2.45, 2.75) is 0 Å². The second-order valence-electron chi connectivity index (χ2n) is 6.00. The first-order chi connectivity index (χ1) is 14.0. The van der Waals surface area contributed by atoms with E-state index in [9.17, 15) is 0 Å². The SMILES string of the molecule is C1CNCCNCCNCCNCCNCCNCCNCCN1.[Cl][Zn+].[Cl][Zn+]. The fraction of sp³-hybridized carbons (Fsp3) is 1.00. The molecule has 160 valence electrons. The van der Waals surface area contributed by atoms with Crippen LogP contribution in [-0.4, -0.2) is 105 Å². The zero-order valence-electron chi connectivity index (χ0n) is 17.5. The van der Waals surface area contributed by atoms with Gasteiger partial charge in [0, 0.05) is 105 Å². The van der Waals surface area contributed by atoms with Crippen molar-refractivity contribution in [2.24, 2.45) is 0 Å². The van der Waals surface area contributed by atoms with Crippen molar-refractivity contribution in [2.75, 3.05) is 105 Å². The first kappa shape index (κ1) is 31.7. The van der Waals surface area contributed by atoms with Crippen LogP contribution in [0.2, 0.25) is 0 Å². The van der Waals surface area contributed by atoms with E-state index in [1.165, 1.54) is 0 Å². The molecule has 1 aliphatic rings. The average Bonchev–Trinajstić information content (AvgIpc) is 2.75. The van der Waals surface area contributed by atoms with Crippen LogP contribution in [0, 0.1) is 0 Å². The summed E-state index contributed by atoms with van der Waals surface area (Å²) in [5.41, 5.74) is 0. The number of rotatable bonds is 0. The van der Waals surface area contributed by atoms with Gasteiger partial charge in [0.2, 0.25) is 0 Å². The Hall–Kier alpha value is 1.51. The third kappa shape index (κ3) is 29.7. The van der Waals surface area contributed by atoms with Crippen molar-refractivity contribution in [3.8, 4) is 0 Å². The molecular weight excluding hydrogens is 506 g/mol. The summed E-state index contributed by atoms with van der Waals surface area (Å²) >= 11 is 1.69. The molecule has 0 atom stereocenters. The molecule has 1 rings (SSSR count). The molecule has 0 bridgehead atoms. The number of hydrogen-bond donors (Lipinski definition) is 8. The molecule has 8 nitrogen and oxygen atoms in total. The van der Waals surface area contributed by atoms with Crippen LogP contribution >= 0.6 is 19.4 Å². The van der Waals surface area contributed by atoms with Crippen LogP contribution < -0.4 is 42.5 Å². The fourth-order valence-corrected chi connectivity index (χ4v) is 2.41. The van der Waals surface area contributed by atoms with E-state index in [1.807, 2.05) is 0 Å². The van der Waals surface area contributed by atoms with E-state index in [4.69, 9.17) is 19.4 Å². The van der Waals surface area contributed by atoms with Gasteiger partial charge in [0.05, 0.1) is 0 Å². The van der Waals surface area contributed by atoms with Gasteiger partial charge in [0.25, 0.3) is 0 Å². The van der Waals surface area contributed by atoms with Gasteiger partial charge in [0.1, 0.15) is 0 Å². The Balaban J connectivity index is 0. The first-order valence-electron chi connectivity index (χ1n) is 10.2. The molecule has 1 heterocycles. The van der Waals surface area contributed by atoms with Crippen molar-refractivity contribution in [1.82, 2.24) is 42.5 Å². The third-order valence-electron chi connectivity index (χ3n) is 3.83. The molecule has 0 aromatic carbocycles. The fourth-order valence-electron chi connectivity index (χ4n) is 2.41. The Kier molecular flexibility index (Phi) is 37.5. The van der Waals surface area contributed by atoms with Gasteiger partial charge in [0.15, 0.2) is 0 Å². The van der Waals surface area contributed by atoms with Crippen molar-refractivity contribution in [3.63, 3.8) is 0 Å². The van der Waals surface area contributed by atoms with Gasteiger partial charge >= 0.3 is 54.0 Å². The maximum absolute atomic E-state index is 4.76. The second-order valence-corrected chi connectivity index (χ2v) is 6.00. The van der Waals surface area contributed by atoms with Crippen molar-refractivity contribution >= 4 is 19.4 Å². The van der Waals surface area contributed by atoms with Crippen LogP contribution in [-0.2, 0) is 34.6 Å². The molecule has 0 saturated carbocycles. The Morgan fingerprint density at radius 3 is 0.393 bits per heavy atom. The zero-order chi connectivity index (χ0) is 21.0. The number of nitrogens with one attached hydrogen (secondary N) is 8. The van der Waals surface area contributed by atoms with Crippen LogP contribution in [0.25, 0.3) is 0 Å². The van der Waals surface area contributed by atoms with Gasteiger partial charge in [-0.1, -0.05) is 0 Å². The average molecular weight is 546 g/mol. The van der Waals surface area contributed by atoms with Crippen LogP contribution in [0.4, 0.5) is 0 Å². The van der Waals surface area contributed by atoms with Gasteiger partial charge in [-0.25, -0.2) is 0 Å². The summed E-state index contributed by atoms with van der Waals surface area (Å²) in [6.07, 6.45) is 0. The summed E-state index contributed by atoms with van der Waals surface area (Å²) in [6, 6.07) is 0. The molecule has 0 aromatic heterocycles. The molecular formula is C16H40Cl2N8Zn2+2. The van der Waals surface area contributed by atoms with Gasteiger partial charge in [-0.05, 0) is 0 Å². The van der Waals surface area contributed by atoms with E-state index in [0.717, 1.165) is 139 Å². The van der Waals surface area contributed by atoms with E-state index in [1.54, 1.807) is 0 Å². The maximum atomic E-state index is 4.76. The predicted octanol–water partition coefficient (Wildman–Crippen LogP) is -1.91. The van der Waals surface area contributed by atoms with E-state index in [2.05, 4.69) is 42.5 Å². The van der Waals surface area contributed by atoms with Crippen LogP contribution in [0.3, 0.4) is 0 Å². The summed E-state index contributed by atoms with van der Waals surface area (Å²) in [5.74, 6) is 0. The summed E-state index contributed by atoms with van der Waals surface area (Å²) in [4.78, 5) is 0. The molecule has 1 aliphatic heterocycles. The molecule has 0 amide bonds. The molecule has 8 N–H and O–H groups in total. The summed E-state index contributed by atoms with van der Waals surface area (Å²) in [6.45, 7) is 16.4. The van der Waals surface area contributed by atoms with Crippen molar-refractivity contribution in [3.05, 3.63) is 0 Å². The second kappa shape index (κ2) is 33.2. The zero-order valence-corrected chi connectivity index (χ0v) is 24.9. The van der Waals surface area contributed by atoms with Crippen molar-refractivity contribution in [1.29, 1.82) is 0 Å². The minimum absolute atomic E-state index is 0.847. The molecule has 28 heavy (non-hydrogen) atoms. The van der Waals surface area contributed by atoms with Gasteiger partial charge in [-0.2, -0.15) is 0 Å². The normalized spacial score (nSPS) is 21.1. The standard InChI is InChI=1S/C16H40N8.2ClH.2Zn/c1-2-18-5-6-20-9-10-22-13-14-24-16-15-23-12-11-21-8-7-19-4-3-17-1;;;;/h17-24H,1-16H2;2*1H;;/q;;;2*+2/p-2. The molecule has 0 radical (unpaired) electrons. The Labute approximate surface area is 200 Å². The summed E-state index contributed by atoms with van der Waals surface area (Å²) in [5, 5.41) is 27.6. The van der Waals surface area contributed by atoms with Crippen molar-refractivity contribution < 1.29 is 34.6 Å². The molecule has 0 spiro atoms. The Morgan fingerprint density at radius 1 is 0.250 bits per heavy atom. The van der Waals surface area contributed by atoms with Crippen LogP contribution in [0.1, 0.15) is 0 Å². The van der Waals surface area contributed by atoms with E-state index in [0.29, 0.717) is 0 Å². The summed E-state index contributed by atoms with van der Waals surface area (Å²) < 4.78 is 0. The number of halogens is 2. The quantitative estimate of drug-likeness (QED) is 0.167. The van der Waals surface area contributed by atoms with Crippen LogP contribution in [0.15, 0.2) is 0 Å². The Bertz CT molecular complexity index is 153. The third-order valence-corrected chi connectivity index (χ3v) is 3.83.